The van der Waals surface area contributed by atoms with E-state index in [-0.39, 0.29) is 12.0 Å². The Hall–Kier alpha value is -0.160. The molecule has 2 saturated heterocycles. The molecule has 0 atom stereocenters. The van der Waals surface area contributed by atoms with Crippen molar-refractivity contribution in [3.63, 3.8) is 0 Å². The van der Waals surface area contributed by atoms with Gasteiger partial charge in [-0.3, -0.25) is 0 Å². The van der Waals surface area contributed by atoms with Gasteiger partial charge >= 0.3 is 0 Å². The first-order valence-corrected chi connectivity index (χ1v) is 5.34. The molecule has 0 aliphatic carbocycles. The fourth-order valence-corrected chi connectivity index (χ4v) is 2.53. The van der Waals surface area contributed by atoms with Gasteiger partial charge in [0.25, 0.3) is 0 Å². The number of hydrogen-bond donors (Lipinski definition) is 3. The van der Waals surface area contributed by atoms with Crippen LogP contribution < -0.4 is 5.32 Å². The molecule has 0 bridgehead atoms. The third-order valence-corrected chi connectivity index (χ3v) is 4.03. The summed E-state index contributed by atoms with van der Waals surface area (Å²) in [5, 5.41) is 23.1. The van der Waals surface area contributed by atoms with E-state index in [0.717, 1.165) is 39.0 Å². The number of nitrogens with one attached hydrogen (secondary N) is 1. The van der Waals surface area contributed by atoms with Gasteiger partial charge in [-0.2, -0.15) is 0 Å². The molecular weight excluding hydrogens is 180 g/mol. The molecule has 0 amide bonds. The minimum Gasteiger partial charge on any atom is -0.396 e. The van der Waals surface area contributed by atoms with Crippen molar-refractivity contribution < 1.29 is 10.2 Å². The number of aliphatic hydroxyl groups excluding tert-OH is 1. The van der Waals surface area contributed by atoms with Crippen LogP contribution in [0.3, 0.4) is 0 Å². The quantitative estimate of drug-likeness (QED) is 0.536. The van der Waals surface area contributed by atoms with Gasteiger partial charge in [0.2, 0.25) is 0 Å². The number of aliphatic hydroxyl groups is 2. The van der Waals surface area contributed by atoms with Crippen LogP contribution in [-0.4, -0.2) is 60.5 Å². The Balaban J connectivity index is 2.07. The zero-order valence-electron chi connectivity index (χ0n) is 8.79. The molecule has 3 N–H and O–H groups in total. The molecule has 2 aliphatic rings. The second-order valence-electron chi connectivity index (χ2n) is 4.88. The highest BCUT2D eigenvalue weighted by molar-refractivity contribution is 5.08. The lowest BCUT2D eigenvalue weighted by Gasteiger charge is -2.55. The van der Waals surface area contributed by atoms with Gasteiger partial charge in [0.1, 0.15) is 0 Å². The Morgan fingerprint density at radius 2 is 1.86 bits per heavy atom. The van der Waals surface area contributed by atoms with Crippen LogP contribution in [0.2, 0.25) is 0 Å². The number of nitrogens with zero attached hydrogens (tertiary/aromatic N) is 1. The van der Waals surface area contributed by atoms with Crippen LogP contribution in [0.25, 0.3) is 0 Å². The first kappa shape index (κ1) is 10.4. The molecule has 14 heavy (non-hydrogen) atoms. The summed E-state index contributed by atoms with van der Waals surface area (Å²) in [6.45, 7) is 3.46. The summed E-state index contributed by atoms with van der Waals surface area (Å²) >= 11 is 0. The lowest BCUT2D eigenvalue weighted by molar-refractivity contribution is -0.159. The zero-order chi connectivity index (χ0) is 10.2. The molecule has 0 saturated carbocycles. The van der Waals surface area contributed by atoms with Gasteiger partial charge in [-0.25, -0.2) is 0 Å². The summed E-state index contributed by atoms with van der Waals surface area (Å²) < 4.78 is 0. The Labute approximate surface area is 84.9 Å². The van der Waals surface area contributed by atoms with Crippen molar-refractivity contribution in [3.05, 3.63) is 0 Å². The van der Waals surface area contributed by atoms with Gasteiger partial charge in [0.15, 0.2) is 0 Å². The molecule has 82 valence electrons. The predicted molar refractivity (Wildman–Crippen MR) is 54.1 cm³/mol. The van der Waals surface area contributed by atoms with Crippen molar-refractivity contribution in [2.24, 2.45) is 5.41 Å². The van der Waals surface area contributed by atoms with Gasteiger partial charge in [-0.05, 0) is 19.9 Å². The maximum absolute atomic E-state index is 10.5. The molecule has 4 nitrogen and oxygen atoms in total. The second-order valence-corrected chi connectivity index (χ2v) is 4.88. The molecule has 2 aliphatic heterocycles. The van der Waals surface area contributed by atoms with Crippen LogP contribution >= 0.6 is 0 Å². The summed E-state index contributed by atoms with van der Waals surface area (Å²) in [7, 11) is 2.07. The van der Waals surface area contributed by atoms with Gasteiger partial charge in [-0.15, -0.1) is 0 Å². The van der Waals surface area contributed by atoms with E-state index in [1.807, 2.05) is 0 Å². The van der Waals surface area contributed by atoms with Crippen LogP contribution in [0.5, 0.6) is 0 Å². The van der Waals surface area contributed by atoms with Crippen molar-refractivity contribution in [2.45, 2.75) is 18.4 Å². The van der Waals surface area contributed by atoms with E-state index in [0.29, 0.717) is 0 Å². The van der Waals surface area contributed by atoms with E-state index in [4.69, 9.17) is 0 Å². The SMILES string of the molecule is CN1CCC(O)(C2(CO)CNC2)CC1. The van der Waals surface area contributed by atoms with E-state index in [1.165, 1.54) is 0 Å². The first-order valence-electron chi connectivity index (χ1n) is 5.34. The minimum atomic E-state index is -0.653. The lowest BCUT2D eigenvalue weighted by Crippen LogP contribution is -2.69. The highest BCUT2D eigenvalue weighted by atomic mass is 16.3. The predicted octanol–water partition coefficient (Wildman–Crippen LogP) is -0.975. The van der Waals surface area contributed by atoms with Gasteiger partial charge < -0.3 is 20.4 Å². The van der Waals surface area contributed by atoms with Crippen molar-refractivity contribution in [3.8, 4) is 0 Å². The number of piperidine rings is 1. The summed E-state index contributed by atoms with van der Waals surface area (Å²) in [6, 6.07) is 0. The smallest absolute Gasteiger partial charge is 0.0774 e. The summed E-state index contributed by atoms with van der Waals surface area (Å²) in [6.07, 6.45) is 1.57. The van der Waals surface area contributed by atoms with Crippen molar-refractivity contribution in [1.29, 1.82) is 0 Å². The van der Waals surface area contributed by atoms with Crippen molar-refractivity contribution >= 4 is 0 Å². The third-order valence-electron chi connectivity index (χ3n) is 4.03. The normalized spacial score (nSPS) is 31.1. The monoisotopic (exact) mass is 200 g/mol. The Morgan fingerprint density at radius 3 is 2.21 bits per heavy atom. The third kappa shape index (κ3) is 1.37. The average Bonchev–Trinajstić information content (AvgIpc) is 2.10. The molecule has 0 spiro atoms. The Kier molecular flexibility index (Phi) is 2.55. The van der Waals surface area contributed by atoms with E-state index in [2.05, 4.69) is 17.3 Å². The van der Waals surface area contributed by atoms with Gasteiger partial charge in [-0.1, -0.05) is 0 Å². The van der Waals surface area contributed by atoms with Crippen LogP contribution in [0, 0.1) is 5.41 Å². The molecule has 2 rings (SSSR count). The second kappa shape index (κ2) is 3.45. The van der Waals surface area contributed by atoms with Crippen molar-refractivity contribution in [2.75, 3.05) is 39.8 Å². The standard InChI is InChI=1S/C10H20N2O2/c1-12-4-2-10(14,3-5-12)9(8-13)6-11-7-9/h11,13-14H,2-8H2,1H3. The number of likely N-dealkylation sites (tertiary alicyclic amines) is 1. The minimum absolute atomic E-state index is 0.0974. The van der Waals surface area contributed by atoms with Gasteiger partial charge in [0.05, 0.1) is 12.2 Å². The number of hydrogen-bond acceptors (Lipinski definition) is 4. The summed E-state index contributed by atoms with van der Waals surface area (Å²) in [5.41, 5.74) is -0.923. The molecule has 2 fully saturated rings. The summed E-state index contributed by atoms with van der Waals surface area (Å²) in [5.74, 6) is 0. The molecular formula is C10H20N2O2. The molecule has 4 heteroatoms. The fraction of sp³-hybridized carbons (Fsp3) is 1.00. The molecule has 0 aromatic rings. The van der Waals surface area contributed by atoms with Crippen LogP contribution in [0.1, 0.15) is 12.8 Å². The molecule has 0 radical (unpaired) electrons. The van der Waals surface area contributed by atoms with E-state index in [9.17, 15) is 10.2 Å². The maximum Gasteiger partial charge on any atom is 0.0774 e. The van der Waals surface area contributed by atoms with Crippen molar-refractivity contribution in [1.82, 2.24) is 10.2 Å². The lowest BCUT2D eigenvalue weighted by atomic mass is 9.64. The Morgan fingerprint density at radius 1 is 1.29 bits per heavy atom. The highest BCUT2D eigenvalue weighted by Crippen LogP contribution is 2.41. The van der Waals surface area contributed by atoms with Crippen LogP contribution in [0.4, 0.5) is 0 Å². The van der Waals surface area contributed by atoms with Crippen LogP contribution in [-0.2, 0) is 0 Å². The van der Waals surface area contributed by atoms with E-state index < -0.39 is 5.60 Å². The first-order chi connectivity index (χ1) is 6.62. The molecule has 0 unspecified atom stereocenters. The summed E-state index contributed by atoms with van der Waals surface area (Å²) in [4.78, 5) is 2.23. The Bertz CT molecular complexity index is 203. The van der Waals surface area contributed by atoms with E-state index >= 15 is 0 Å². The van der Waals surface area contributed by atoms with E-state index in [1.54, 1.807) is 0 Å². The molecule has 2 heterocycles. The van der Waals surface area contributed by atoms with Crippen LogP contribution in [0.15, 0.2) is 0 Å². The topological polar surface area (TPSA) is 55.7 Å². The highest BCUT2D eigenvalue weighted by Gasteiger charge is 2.54. The molecule has 0 aromatic heterocycles. The zero-order valence-corrected chi connectivity index (χ0v) is 8.79. The fourth-order valence-electron chi connectivity index (χ4n) is 2.53. The average molecular weight is 200 g/mol. The number of rotatable bonds is 2. The molecule has 0 aromatic carbocycles. The maximum atomic E-state index is 10.5. The largest absolute Gasteiger partial charge is 0.396 e. The van der Waals surface area contributed by atoms with Gasteiger partial charge in [0, 0.05) is 31.6 Å².